The number of pyridine rings is 1. The van der Waals surface area contributed by atoms with E-state index in [0.29, 0.717) is 47.5 Å². The van der Waals surface area contributed by atoms with Gasteiger partial charge in [0.15, 0.2) is 13.3 Å². The summed E-state index contributed by atoms with van der Waals surface area (Å²) in [5.41, 5.74) is 3.26. The van der Waals surface area contributed by atoms with Crippen LogP contribution in [0.15, 0.2) is 30.5 Å². The zero-order valence-corrected chi connectivity index (χ0v) is 17.8. The van der Waals surface area contributed by atoms with Crippen LogP contribution in [0.1, 0.15) is 26.7 Å². The smallest absolute Gasteiger partial charge is 0.271 e. The minimum Gasteiger partial charge on any atom is -0.490 e. The minimum absolute atomic E-state index is 0.0312. The van der Waals surface area contributed by atoms with E-state index in [1.54, 1.807) is 18.3 Å². The van der Waals surface area contributed by atoms with E-state index >= 15 is 0 Å². The highest BCUT2D eigenvalue weighted by Gasteiger charge is 2.59. The highest BCUT2D eigenvalue weighted by Crippen LogP contribution is 2.61. The molecule has 0 spiro atoms. The maximum atomic E-state index is 13.7. The van der Waals surface area contributed by atoms with Crippen molar-refractivity contribution in [3.63, 3.8) is 0 Å². The summed E-state index contributed by atoms with van der Waals surface area (Å²) in [5.74, 6) is 1.47. The van der Waals surface area contributed by atoms with Gasteiger partial charge in [-0.05, 0) is 54.9 Å². The van der Waals surface area contributed by atoms with E-state index in [2.05, 4.69) is 22.4 Å². The van der Waals surface area contributed by atoms with E-state index in [1.807, 2.05) is 6.92 Å². The molecule has 2 aliphatic rings. The Hall–Kier alpha value is -3.03. The molecule has 1 aromatic carbocycles. The number of hydrogen-bond donors (Lipinski definition) is 2. The van der Waals surface area contributed by atoms with Gasteiger partial charge in [-0.2, -0.15) is 0 Å². The Balaban J connectivity index is 1.26. The van der Waals surface area contributed by atoms with Gasteiger partial charge in [-0.1, -0.05) is 6.92 Å². The van der Waals surface area contributed by atoms with E-state index in [9.17, 15) is 14.0 Å². The molecule has 5 atom stereocenters. The first kappa shape index (κ1) is 21.2. The zero-order valence-electron chi connectivity index (χ0n) is 17.8. The van der Waals surface area contributed by atoms with E-state index in [4.69, 9.17) is 4.74 Å². The molecule has 8 heteroatoms. The largest absolute Gasteiger partial charge is 0.490 e. The second-order valence-electron chi connectivity index (χ2n) is 8.60. The number of amides is 2. The van der Waals surface area contributed by atoms with Gasteiger partial charge < -0.3 is 10.1 Å². The number of carbonyl (C=O) groups is 2. The third-order valence-electron chi connectivity index (χ3n) is 6.41. The maximum absolute atomic E-state index is 13.7. The fraction of sp³-hybridized carbons (Fsp3) is 0.478. The molecule has 1 aromatic heterocycles. The van der Waals surface area contributed by atoms with Gasteiger partial charge in [0.1, 0.15) is 11.6 Å². The average Bonchev–Trinajstić information content (AvgIpc) is 3.21. The molecule has 2 saturated carbocycles. The van der Waals surface area contributed by atoms with Crippen LogP contribution in [0.25, 0.3) is 10.9 Å². The summed E-state index contributed by atoms with van der Waals surface area (Å²) in [5, 5.41) is 3.61. The highest BCUT2D eigenvalue weighted by molar-refractivity contribution is 5.84. The summed E-state index contributed by atoms with van der Waals surface area (Å²) in [6.45, 7) is 7.94. The first-order valence-corrected chi connectivity index (χ1v) is 10.7. The molecule has 2 fully saturated rings. The molecule has 31 heavy (non-hydrogen) atoms. The van der Waals surface area contributed by atoms with E-state index < -0.39 is 0 Å². The molecule has 0 aliphatic heterocycles. The van der Waals surface area contributed by atoms with Gasteiger partial charge in [-0.25, -0.2) is 4.39 Å². The van der Waals surface area contributed by atoms with Crippen LogP contribution in [0.3, 0.4) is 0 Å². The number of nitrogens with one attached hydrogen (secondary N) is 2. The lowest BCUT2D eigenvalue weighted by atomic mass is 9.97. The quantitative estimate of drug-likeness (QED) is 0.385. The van der Waals surface area contributed by atoms with Crippen molar-refractivity contribution in [1.29, 1.82) is 0 Å². The molecule has 2 aromatic rings. The van der Waals surface area contributed by atoms with E-state index in [1.165, 1.54) is 23.7 Å². The van der Waals surface area contributed by atoms with Gasteiger partial charge >= 0.3 is 0 Å². The number of hydrazone groups is 1. The van der Waals surface area contributed by atoms with E-state index in [-0.39, 0.29) is 29.7 Å². The van der Waals surface area contributed by atoms with Crippen LogP contribution >= 0.6 is 0 Å². The Kier molecular flexibility index (Phi) is 5.89. The number of ether oxygens (including phenoxy) is 1. The summed E-state index contributed by atoms with van der Waals surface area (Å²) >= 11 is 0. The molecule has 2 amide bonds. The zero-order chi connectivity index (χ0) is 22.1. The molecule has 1 heterocycles. The van der Waals surface area contributed by atoms with Crippen molar-refractivity contribution >= 4 is 29.4 Å². The van der Waals surface area contributed by atoms with Gasteiger partial charge in [0, 0.05) is 24.4 Å². The fourth-order valence-electron chi connectivity index (χ4n) is 4.98. The molecular weight excluding hydrogens is 399 g/mol. The lowest BCUT2D eigenvalue weighted by Gasteiger charge is -2.20. The number of fused-ring (bicyclic) bond motifs is 2. The SMILES string of the molecule is C=[N+](CCNC(=O)C(C)C1C2CC(Oc3ccnc4ccc(F)cc34)C[C@@H]21)NC(C)=O. The molecule has 4 rings (SSSR count). The summed E-state index contributed by atoms with van der Waals surface area (Å²) in [4.78, 5) is 27.7. The lowest BCUT2D eigenvalue weighted by Crippen LogP contribution is -2.40. The Morgan fingerprint density at radius 1 is 1.32 bits per heavy atom. The molecule has 0 bridgehead atoms. The molecule has 2 aliphatic carbocycles. The van der Waals surface area contributed by atoms with Gasteiger partial charge in [0.25, 0.3) is 5.91 Å². The topological polar surface area (TPSA) is 83.3 Å². The minimum atomic E-state index is -0.307. The number of aromatic nitrogens is 1. The maximum Gasteiger partial charge on any atom is 0.271 e. The molecule has 2 N–H and O–H groups in total. The van der Waals surface area contributed by atoms with Crippen LogP contribution in [0.5, 0.6) is 5.75 Å². The third-order valence-corrected chi connectivity index (χ3v) is 6.41. The monoisotopic (exact) mass is 427 g/mol. The number of benzene rings is 1. The van der Waals surface area contributed by atoms with Gasteiger partial charge in [-0.3, -0.25) is 14.6 Å². The van der Waals surface area contributed by atoms with Crippen LogP contribution < -0.4 is 15.5 Å². The van der Waals surface area contributed by atoms with Crippen molar-refractivity contribution in [2.75, 3.05) is 13.1 Å². The normalized spacial score (nSPS) is 24.9. The highest BCUT2D eigenvalue weighted by atomic mass is 19.1. The molecule has 164 valence electrons. The number of halogens is 1. The van der Waals surface area contributed by atoms with Crippen molar-refractivity contribution in [1.82, 2.24) is 15.7 Å². The van der Waals surface area contributed by atoms with Crippen molar-refractivity contribution in [2.45, 2.75) is 32.8 Å². The average molecular weight is 428 g/mol. The third kappa shape index (κ3) is 4.68. The van der Waals surface area contributed by atoms with Gasteiger partial charge in [0.05, 0.1) is 18.2 Å². The lowest BCUT2D eigenvalue weighted by molar-refractivity contribution is -0.564. The van der Waals surface area contributed by atoms with Crippen LogP contribution in [-0.2, 0) is 9.59 Å². The van der Waals surface area contributed by atoms with Crippen LogP contribution in [0.4, 0.5) is 4.39 Å². The Labute approximate surface area is 180 Å². The first-order chi connectivity index (χ1) is 14.8. The molecular formula is C23H28FN4O3+. The number of nitrogens with zero attached hydrogens (tertiary/aromatic N) is 2. The first-order valence-electron chi connectivity index (χ1n) is 10.7. The Morgan fingerprint density at radius 3 is 2.77 bits per heavy atom. The molecule has 0 radical (unpaired) electrons. The molecule has 7 nitrogen and oxygen atoms in total. The summed E-state index contributed by atoms with van der Waals surface area (Å²) in [6.07, 6.45) is 3.56. The van der Waals surface area contributed by atoms with E-state index in [0.717, 1.165) is 12.8 Å². The number of rotatable bonds is 8. The summed E-state index contributed by atoms with van der Waals surface area (Å²) < 4.78 is 21.3. The fourth-order valence-corrected chi connectivity index (χ4v) is 4.98. The second kappa shape index (κ2) is 8.61. The predicted octanol–water partition coefficient (Wildman–Crippen LogP) is 2.29. The Morgan fingerprint density at radius 2 is 2.06 bits per heavy atom. The predicted molar refractivity (Wildman–Crippen MR) is 114 cm³/mol. The van der Waals surface area contributed by atoms with Crippen molar-refractivity contribution in [3.8, 4) is 5.75 Å². The number of carbonyl (C=O) groups excluding carboxylic acids is 2. The Bertz CT molecular complexity index is 1020. The van der Waals surface area contributed by atoms with Crippen LogP contribution in [-0.4, -0.2) is 47.4 Å². The number of hydrazine groups is 1. The number of hydrogen-bond acceptors (Lipinski definition) is 4. The molecule has 0 saturated heterocycles. The molecule has 4 unspecified atom stereocenters. The van der Waals surface area contributed by atoms with Crippen LogP contribution in [0, 0.1) is 29.5 Å². The van der Waals surface area contributed by atoms with Gasteiger partial charge in [0.2, 0.25) is 5.91 Å². The van der Waals surface area contributed by atoms with Crippen molar-refractivity contribution in [2.24, 2.45) is 23.7 Å². The summed E-state index contributed by atoms with van der Waals surface area (Å²) in [6, 6.07) is 6.30. The summed E-state index contributed by atoms with van der Waals surface area (Å²) in [7, 11) is 0. The standard InChI is InChI=1S/C23H27FN4O3/c1-13(23(30)26-8-9-28(3)27-14(2)29)22-17-11-16(12-18(17)22)31-21-6-7-25-20-5-4-15(24)10-19(20)21/h4-7,10,13,16-18,22H,3,8-9,11-12H2,1-2H3,(H-,26,27,29,30)/p+1/t13?,16?,17-,18?,22?/m0/s1. The van der Waals surface area contributed by atoms with Gasteiger partial charge in [-0.15, -0.1) is 10.1 Å². The van der Waals surface area contributed by atoms with Crippen LogP contribution in [0.2, 0.25) is 0 Å². The van der Waals surface area contributed by atoms with Crippen molar-refractivity contribution < 1.29 is 23.4 Å². The van der Waals surface area contributed by atoms with Crippen molar-refractivity contribution in [3.05, 3.63) is 36.3 Å². The second-order valence-corrected chi connectivity index (χ2v) is 8.60.